The van der Waals surface area contributed by atoms with Crippen molar-refractivity contribution in [2.45, 2.75) is 63.4 Å². The van der Waals surface area contributed by atoms with Crippen LogP contribution in [0.15, 0.2) is 30.3 Å². The molecule has 1 aliphatic carbocycles. The summed E-state index contributed by atoms with van der Waals surface area (Å²) >= 11 is 0. The number of benzene rings is 1. The first-order valence-electron chi connectivity index (χ1n) is 9.56. The minimum atomic E-state index is -0.509. The first kappa shape index (κ1) is 17.5. The second kappa shape index (κ2) is 7.69. The van der Waals surface area contributed by atoms with Crippen molar-refractivity contribution < 1.29 is 9.53 Å². The maximum Gasteiger partial charge on any atom is 0.316 e. The van der Waals surface area contributed by atoms with Gasteiger partial charge in [-0.3, -0.25) is 4.79 Å². The Balaban J connectivity index is 1.80. The Morgan fingerprint density at radius 2 is 1.67 bits per heavy atom. The molecular formula is C21H31NO2. The van der Waals surface area contributed by atoms with Gasteiger partial charge in [-0.05, 0) is 51.1 Å². The van der Waals surface area contributed by atoms with Gasteiger partial charge in [-0.1, -0.05) is 49.6 Å². The summed E-state index contributed by atoms with van der Waals surface area (Å²) in [6.45, 7) is 4.16. The zero-order chi connectivity index (χ0) is 17.0. The van der Waals surface area contributed by atoms with Crippen LogP contribution in [-0.2, 0) is 14.9 Å². The van der Waals surface area contributed by atoms with Crippen LogP contribution in [0.1, 0.15) is 57.4 Å². The highest BCUT2D eigenvalue weighted by atomic mass is 16.5. The standard InChI is InChI=1S/C21H31NO2/c1-21(17-9-5-3-6-10-17,18-11-7-4-8-12-18)20(23)24-19-13-15-22(2)16-14-19/h3,5-6,9-10,18-19H,4,7-8,11-16H2,1-2H3. The fraction of sp³-hybridized carbons (Fsp3) is 0.667. The molecule has 1 heterocycles. The van der Waals surface area contributed by atoms with Crippen molar-refractivity contribution in [3.05, 3.63) is 35.9 Å². The van der Waals surface area contributed by atoms with E-state index in [1.54, 1.807) is 0 Å². The van der Waals surface area contributed by atoms with Crippen LogP contribution < -0.4 is 0 Å². The van der Waals surface area contributed by atoms with Crippen molar-refractivity contribution in [2.24, 2.45) is 5.92 Å². The highest BCUT2D eigenvalue weighted by Gasteiger charge is 2.45. The molecule has 132 valence electrons. The Hall–Kier alpha value is -1.35. The summed E-state index contributed by atoms with van der Waals surface area (Å²) < 4.78 is 6.05. The number of nitrogens with zero attached hydrogens (tertiary/aromatic N) is 1. The second-order valence-electron chi connectivity index (χ2n) is 7.81. The molecule has 1 saturated carbocycles. The van der Waals surface area contributed by atoms with Crippen molar-refractivity contribution in [2.75, 3.05) is 20.1 Å². The molecule has 3 nitrogen and oxygen atoms in total. The number of carbonyl (C=O) groups is 1. The van der Waals surface area contributed by atoms with Gasteiger partial charge in [0.2, 0.25) is 0 Å². The molecule has 0 aromatic heterocycles. The van der Waals surface area contributed by atoms with Crippen LogP contribution in [0.5, 0.6) is 0 Å². The summed E-state index contributed by atoms with van der Waals surface area (Å²) in [5, 5.41) is 0. The first-order valence-corrected chi connectivity index (χ1v) is 9.56. The van der Waals surface area contributed by atoms with Gasteiger partial charge >= 0.3 is 5.97 Å². The van der Waals surface area contributed by atoms with Crippen molar-refractivity contribution in [1.29, 1.82) is 0 Å². The van der Waals surface area contributed by atoms with Gasteiger partial charge in [0.1, 0.15) is 6.10 Å². The van der Waals surface area contributed by atoms with Crippen molar-refractivity contribution in [1.82, 2.24) is 4.90 Å². The van der Waals surface area contributed by atoms with E-state index in [4.69, 9.17) is 4.74 Å². The molecule has 3 heteroatoms. The summed E-state index contributed by atoms with van der Waals surface area (Å²) in [5.74, 6) is 0.391. The number of esters is 1. The van der Waals surface area contributed by atoms with Gasteiger partial charge in [0, 0.05) is 13.1 Å². The number of carbonyl (C=O) groups excluding carboxylic acids is 1. The fourth-order valence-electron chi connectivity index (χ4n) is 4.36. The zero-order valence-corrected chi connectivity index (χ0v) is 15.2. The molecule has 0 bridgehead atoms. The summed E-state index contributed by atoms with van der Waals surface area (Å²) in [7, 11) is 2.13. The third-order valence-corrected chi connectivity index (χ3v) is 6.16. The van der Waals surface area contributed by atoms with E-state index in [2.05, 4.69) is 31.0 Å². The van der Waals surface area contributed by atoms with Gasteiger partial charge in [0.25, 0.3) is 0 Å². The van der Waals surface area contributed by atoms with Gasteiger partial charge in [-0.15, -0.1) is 0 Å². The molecule has 24 heavy (non-hydrogen) atoms. The number of likely N-dealkylation sites (tertiary alicyclic amines) is 1. The van der Waals surface area contributed by atoms with Crippen LogP contribution >= 0.6 is 0 Å². The Labute approximate surface area is 146 Å². The molecule has 0 spiro atoms. The van der Waals surface area contributed by atoms with Crippen molar-refractivity contribution in [3.8, 4) is 0 Å². The summed E-state index contributed by atoms with van der Waals surface area (Å²) in [4.78, 5) is 15.6. The van der Waals surface area contributed by atoms with Crippen molar-refractivity contribution >= 4 is 5.97 Å². The average molecular weight is 329 g/mol. The lowest BCUT2D eigenvalue weighted by molar-refractivity contribution is -0.160. The predicted octanol–water partition coefficient (Wildman–Crippen LogP) is 4.16. The second-order valence-corrected chi connectivity index (χ2v) is 7.81. The summed E-state index contributed by atoms with van der Waals surface area (Å²) in [6, 6.07) is 10.3. The minimum Gasteiger partial charge on any atom is -0.462 e. The number of hydrogen-bond donors (Lipinski definition) is 0. The Kier molecular flexibility index (Phi) is 5.60. The van der Waals surface area contributed by atoms with Gasteiger partial charge in [0.05, 0.1) is 5.41 Å². The molecule has 1 aliphatic heterocycles. The number of ether oxygens (including phenoxy) is 1. The number of rotatable bonds is 4. The number of piperidine rings is 1. The SMILES string of the molecule is CN1CCC(OC(=O)C(C)(c2ccccc2)C2CCCCC2)CC1. The molecular weight excluding hydrogens is 298 g/mol. The van der Waals surface area contributed by atoms with Crippen LogP contribution in [-0.4, -0.2) is 37.1 Å². The van der Waals surface area contributed by atoms with E-state index in [-0.39, 0.29) is 12.1 Å². The Morgan fingerprint density at radius 3 is 2.29 bits per heavy atom. The van der Waals surface area contributed by atoms with E-state index in [9.17, 15) is 4.79 Å². The smallest absolute Gasteiger partial charge is 0.316 e. The summed E-state index contributed by atoms with van der Waals surface area (Å²) in [6.07, 6.45) is 8.02. The highest BCUT2D eigenvalue weighted by Crippen LogP contribution is 2.42. The molecule has 1 aromatic rings. The maximum absolute atomic E-state index is 13.3. The molecule has 2 fully saturated rings. The van der Waals surface area contributed by atoms with Crippen LogP contribution in [0.25, 0.3) is 0 Å². The molecule has 0 N–H and O–H groups in total. The number of hydrogen-bond acceptors (Lipinski definition) is 3. The van der Waals surface area contributed by atoms with Crippen LogP contribution in [0.4, 0.5) is 0 Å². The third kappa shape index (κ3) is 3.66. The van der Waals surface area contributed by atoms with Gasteiger partial charge in [-0.2, -0.15) is 0 Å². The molecule has 1 saturated heterocycles. The fourth-order valence-corrected chi connectivity index (χ4v) is 4.36. The van der Waals surface area contributed by atoms with E-state index in [1.165, 1.54) is 19.3 Å². The van der Waals surface area contributed by atoms with Gasteiger partial charge in [-0.25, -0.2) is 0 Å². The van der Waals surface area contributed by atoms with Crippen LogP contribution in [0.2, 0.25) is 0 Å². The molecule has 0 radical (unpaired) electrons. The normalized spacial score (nSPS) is 23.6. The van der Waals surface area contributed by atoms with Gasteiger partial charge < -0.3 is 9.64 Å². The van der Waals surface area contributed by atoms with Gasteiger partial charge in [0.15, 0.2) is 0 Å². The lowest BCUT2D eigenvalue weighted by Gasteiger charge is -2.40. The van der Waals surface area contributed by atoms with E-state index >= 15 is 0 Å². The third-order valence-electron chi connectivity index (χ3n) is 6.16. The molecule has 2 aliphatic rings. The maximum atomic E-state index is 13.3. The minimum absolute atomic E-state index is 0.00449. The largest absolute Gasteiger partial charge is 0.462 e. The Bertz CT molecular complexity index is 530. The van der Waals surface area contributed by atoms with E-state index in [0.29, 0.717) is 5.92 Å². The lowest BCUT2D eigenvalue weighted by Crippen LogP contribution is -2.45. The van der Waals surface area contributed by atoms with Crippen LogP contribution in [0, 0.1) is 5.92 Å². The lowest BCUT2D eigenvalue weighted by atomic mass is 9.66. The predicted molar refractivity (Wildman–Crippen MR) is 97.0 cm³/mol. The van der Waals surface area contributed by atoms with E-state index < -0.39 is 5.41 Å². The first-order chi connectivity index (χ1) is 11.6. The molecule has 1 unspecified atom stereocenters. The Morgan fingerprint density at radius 1 is 1.04 bits per heavy atom. The molecule has 1 aromatic carbocycles. The monoisotopic (exact) mass is 329 g/mol. The zero-order valence-electron chi connectivity index (χ0n) is 15.2. The van der Waals surface area contributed by atoms with Crippen LogP contribution in [0.3, 0.4) is 0 Å². The van der Waals surface area contributed by atoms with E-state index in [0.717, 1.165) is 44.3 Å². The topological polar surface area (TPSA) is 29.5 Å². The molecule has 0 amide bonds. The van der Waals surface area contributed by atoms with E-state index in [1.807, 2.05) is 18.2 Å². The molecule has 3 rings (SSSR count). The highest BCUT2D eigenvalue weighted by molar-refractivity contribution is 5.83. The molecule has 1 atom stereocenters. The summed E-state index contributed by atoms with van der Waals surface area (Å²) in [5.41, 5.74) is 0.611. The average Bonchev–Trinajstić information content (AvgIpc) is 2.64. The van der Waals surface area contributed by atoms with Crippen molar-refractivity contribution in [3.63, 3.8) is 0 Å². The quantitative estimate of drug-likeness (QED) is 0.777.